The molecule has 1 N–H and O–H groups in total. The second-order valence-corrected chi connectivity index (χ2v) is 5.52. The van der Waals surface area contributed by atoms with E-state index in [4.69, 9.17) is 16.3 Å². The SMILES string of the molecule is CNC(c1ccc(OC)c(Cl)c1)c1cccc(Br)c1F. The van der Waals surface area contributed by atoms with Crippen molar-refractivity contribution < 1.29 is 9.13 Å². The third-order valence-corrected chi connectivity index (χ3v) is 4.00. The molecular weight excluding hydrogens is 345 g/mol. The van der Waals surface area contributed by atoms with Gasteiger partial charge < -0.3 is 10.1 Å². The minimum Gasteiger partial charge on any atom is -0.495 e. The Morgan fingerprint density at radius 3 is 2.65 bits per heavy atom. The van der Waals surface area contributed by atoms with E-state index < -0.39 is 0 Å². The molecule has 0 aliphatic heterocycles. The Labute approximate surface area is 131 Å². The van der Waals surface area contributed by atoms with Crippen molar-refractivity contribution in [2.75, 3.05) is 14.2 Å². The second kappa shape index (κ2) is 6.57. The zero-order valence-corrected chi connectivity index (χ0v) is 13.4. The van der Waals surface area contributed by atoms with Crippen molar-refractivity contribution in [2.24, 2.45) is 0 Å². The van der Waals surface area contributed by atoms with Crippen LogP contribution < -0.4 is 10.1 Å². The highest BCUT2D eigenvalue weighted by Gasteiger charge is 2.18. The summed E-state index contributed by atoms with van der Waals surface area (Å²) >= 11 is 9.34. The number of hydrogen-bond acceptors (Lipinski definition) is 2. The Morgan fingerprint density at radius 1 is 1.30 bits per heavy atom. The van der Waals surface area contributed by atoms with Crippen molar-refractivity contribution >= 4 is 27.5 Å². The standard InChI is InChI=1S/C15H14BrClFNO/c1-19-15(10-4-3-5-11(16)14(10)18)9-6-7-13(20-2)12(17)8-9/h3-8,15,19H,1-2H3. The van der Waals surface area contributed by atoms with Crippen LogP contribution in [0.2, 0.25) is 5.02 Å². The fourth-order valence-corrected chi connectivity index (χ4v) is 2.76. The number of hydrogen-bond donors (Lipinski definition) is 1. The number of ether oxygens (including phenoxy) is 1. The number of benzene rings is 2. The van der Waals surface area contributed by atoms with E-state index in [1.165, 1.54) is 0 Å². The Hall–Kier alpha value is -1.10. The Bertz CT molecular complexity index is 621. The van der Waals surface area contributed by atoms with E-state index in [0.29, 0.717) is 20.8 Å². The molecule has 0 saturated heterocycles. The van der Waals surface area contributed by atoms with Gasteiger partial charge in [-0.3, -0.25) is 0 Å². The molecule has 0 fully saturated rings. The van der Waals surface area contributed by atoms with E-state index in [0.717, 1.165) is 5.56 Å². The Kier molecular flexibility index (Phi) is 5.02. The molecule has 2 aromatic rings. The lowest BCUT2D eigenvalue weighted by atomic mass is 9.98. The summed E-state index contributed by atoms with van der Waals surface area (Å²) in [5.74, 6) is 0.318. The van der Waals surface area contributed by atoms with E-state index in [1.54, 1.807) is 44.5 Å². The van der Waals surface area contributed by atoms with Crippen molar-refractivity contribution in [3.8, 4) is 5.75 Å². The van der Waals surface area contributed by atoms with Crippen LogP contribution in [0.15, 0.2) is 40.9 Å². The molecular formula is C15H14BrClFNO. The van der Waals surface area contributed by atoms with Gasteiger partial charge in [-0.25, -0.2) is 4.39 Å². The number of nitrogens with one attached hydrogen (secondary N) is 1. The quantitative estimate of drug-likeness (QED) is 0.865. The lowest BCUT2D eigenvalue weighted by Crippen LogP contribution is -2.19. The fourth-order valence-electron chi connectivity index (χ4n) is 2.11. The van der Waals surface area contributed by atoms with Gasteiger partial charge in [-0.1, -0.05) is 29.8 Å². The summed E-state index contributed by atoms with van der Waals surface area (Å²) in [6.07, 6.45) is 0. The summed E-state index contributed by atoms with van der Waals surface area (Å²) < 4.78 is 19.8. The Balaban J connectivity index is 2.47. The lowest BCUT2D eigenvalue weighted by Gasteiger charge is -2.19. The van der Waals surface area contributed by atoms with E-state index in [-0.39, 0.29) is 11.9 Å². The second-order valence-electron chi connectivity index (χ2n) is 4.26. The molecule has 106 valence electrons. The molecule has 5 heteroatoms. The van der Waals surface area contributed by atoms with Crippen molar-refractivity contribution in [2.45, 2.75) is 6.04 Å². The largest absolute Gasteiger partial charge is 0.495 e. The van der Waals surface area contributed by atoms with Crippen LogP contribution in [-0.2, 0) is 0 Å². The highest BCUT2D eigenvalue weighted by atomic mass is 79.9. The molecule has 0 aliphatic rings. The molecule has 0 heterocycles. The predicted molar refractivity (Wildman–Crippen MR) is 83.0 cm³/mol. The van der Waals surface area contributed by atoms with Crippen LogP contribution in [0.3, 0.4) is 0 Å². The first-order valence-corrected chi connectivity index (χ1v) is 7.20. The maximum atomic E-state index is 14.2. The highest BCUT2D eigenvalue weighted by molar-refractivity contribution is 9.10. The van der Waals surface area contributed by atoms with Crippen LogP contribution in [0, 0.1) is 5.82 Å². The minimum atomic E-state index is -0.282. The van der Waals surface area contributed by atoms with Gasteiger partial charge in [0.05, 0.1) is 22.6 Å². The molecule has 0 amide bonds. The average molecular weight is 359 g/mol. The van der Waals surface area contributed by atoms with Gasteiger partial charge in [-0.05, 0) is 46.7 Å². The summed E-state index contributed by atoms with van der Waals surface area (Å²) in [4.78, 5) is 0. The first-order valence-electron chi connectivity index (χ1n) is 6.03. The maximum absolute atomic E-state index is 14.2. The Morgan fingerprint density at radius 2 is 2.05 bits per heavy atom. The molecule has 0 aliphatic carbocycles. The van der Waals surface area contributed by atoms with Gasteiger partial charge in [-0.2, -0.15) is 0 Å². The minimum absolute atomic E-state index is 0.279. The van der Waals surface area contributed by atoms with Gasteiger partial charge in [0.2, 0.25) is 0 Å². The van der Waals surface area contributed by atoms with Crippen LogP contribution >= 0.6 is 27.5 Å². The van der Waals surface area contributed by atoms with Crippen LogP contribution in [-0.4, -0.2) is 14.2 Å². The molecule has 0 bridgehead atoms. The highest BCUT2D eigenvalue weighted by Crippen LogP contribution is 2.32. The third kappa shape index (κ3) is 2.97. The average Bonchev–Trinajstić information content (AvgIpc) is 2.44. The predicted octanol–water partition coefficient (Wildman–Crippen LogP) is 4.56. The van der Waals surface area contributed by atoms with E-state index in [1.807, 2.05) is 6.07 Å². The van der Waals surface area contributed by atoms with Crippen molar-refractivity contribution in [1.82, 2.24) is 5.32 Å². The topological polar surface area (TPSA) is 21.3 Å². The molecule has 2 rings (SSSR count). The van der Waals surface area contributed by atoms with Gasteiger partial charge in [-0.15, -0.1) is 0 Å². The number of rotatable bonds is 4. The summed E-state index contributed by atoms with van der Waals surface area (Å²) in [6, 6.07) is 10.4. The van der Waals surface area contributed by atoms with Crippen LogP contribution in [0.5, 0.6) is 5.75 Å². The molecule has 2 aromatic carbocycles. The molecule has 0 spiro atoms. The van der Waals surface area contributed by atoms with Crippen molar-refractivity contribution in [3.63, 3.8) is 0 Å². The van der Waals surface area contributed by atoms with Gasteiger partial charge in [0, 0.05) is 5.56 Å². The fraction of sp³-hybridized carbons (Fsp3) is 0.200. The molecule has 0 radical (unpaired) electrons. The molecule has 0 saturated carbocycles. The van der Waals surface area contributed by atoms with Gasteiger partial charge >= 0.3 is 0 Å². The lowest BCUT2D eigenvalue weighted by molar-refractivity contribution is 0.414. The first-order chi connectivity index (χ1) is 9.58. The van der Waals surface area contributed by atoms with Crippen LogP contribution in [0.25, 0.3) is 0 Å². The molecule has 1 unspecified atom stereocenters. The van der Waals surface area contributed by atoms with Gasteiger partial charge in [0.1, 0.15) is 11.6 Å². The normalized spacial score (nSPS) is 12.2. The summed E-state index contributed by atoms with van der Waals surface area (Å²) in [5.41, 5.74) is 1.43. The number of halogens is 3. The zero-order valence-electron chi connectivity index (χ0n) is 11.1. The van der Waals surface area contributed by atoms with Crippen LogP contribution in [0.4, 0.5) is 4.39 Å². The van der Waals surface area contributed by atoms with Crippen molar-refractivity contribution in [1.29, 1.82) is 0 Å². The van der Waals surface area contributed by atoms with Crippen molar-refractivity contribution in [3.05, 3.63) is 62.8 Å². The monoisotopic (exact) mass is 357 g/mol. The summed E-state index contributed by atoms with van der Waals surface area (Å²) in [5, 5.41) is 3.61. The first kappa shape index (κ1) is 15.3. The van der Waals surface area contributed by atoms with E-state index in [2.05, 4.69) is 21.2 Å². The maximum Gasteiger partial charge on any atom is 0.142 e. The van der Waals surface area contributed by atoms with E-state index in [9.17, 15) is 4.39 Å². The molecule has 1 atom stereocenters. The van der Waals surface area contributed by atoms with Gasteiger partial charge in [0.25, 0.3) is 0 Å². The van der Waals surface area contributed by atoms with Gasteiger partial charge in [0.15, 0.2) is 0 Å². The molecule has 20 heavy (non-hydrogen) atoms. The smallest absolute Gasteiger partial charge is 0.142 e. The third-order valence-electron chi connectivity index (χ3n) is 3.09. The number of methoxy groups -OCH3 is 1. The van der Waals surface area contributed by atoms with E-state index >= 15 is 0 Å². The zero-order chi connectivity index (χ0) is 14.7. The summed E-state index contributed by atoms with van der Waals surface area (Å²) in [7, 11) is 3.34. The molecule has 0 aromatic heterocycles. The summed E-state index contributed by atoms with van der Waals surface area (Å²) in [6.45, 7) is 0. The molecule has 2 nitrogen and oxygen atoms in total. The van der Waals surface area contributed by atoms with Crippen LogP contribution in [0.1, 0.15) is 17.2 Å².